The van der Waals surface area contributed by atoms with Crippen molar-refractivity contribution in [1.29, 1.82) is 0 Å². The van der Waals surface area contributed by atoms with Crippen molar-refractivity contribution in [2.45, 2.75) is 45.3 Å². The number of nitrogens with one attached hydrogen (secondary N) is 4. The highest BCUT2D eigenvalue weighted by molar-refractivity contribution is 7.86. The molecule has 0 saturated carbocycles. The third-order valence-corrected chi connectivity index (χ3v) is 17.6. The molecular weight excluding hydrogens is 1240 g/mol. The van der Waals surface area contributed by atoms with E-state index in [0.717, 1.165) is 49.1 Å². The predicted molar refractivity (Wildman–Crippen MR) is 314 cm³/mol. The number of aromatic hydroxyl groups is 4. The summed E-state index contributed by atoms with van der Waals surface area (Å²) < 4.78 is 134. The summed E-state index contributed by atoms with van der Waals surface area (Å²) in [6, 6.07) is 13.7. The molecule has 4 heterocycles. The number of carbonyl (C=O) groups excluding carboxylic acids is 4. The second kappa shape index (κ2) is 27.0. The van der Waals surface area contributed by atoms with Crippen molar-refractivity contribution in [3.63, 3.8) is 0 Å². The van der Waals surface area contributed by atoms with E-state index in [4.69, 9.17) is 0 Å². The van der Waals surface area contributed by atoms with Gasteiger partial charge in [-0.3, -0.25) is 57.3 Å². The molecule has 88 heavy (non-hydrogen) atoms. The van der Waals surface area contributed by atoms with Crippen molar-refractivity contribution in [3.05, 3.63) is 120 Å². The summed E-state index contributed by atoms with van der Waals surface area (Å²) in [4.78, 5) is 71.4. The maximum absolute atomic E-state index is 13.4. The van der Waals surface area contributed by atoms with Crippen LogP contribution in [-0.4, -0.2) is 191 Å². The summed E-state index contributed by atoms with van der Waals surface area (Å²) in [5.74, 6) is -5.51. The zero-order chi connectivity index (χ0) is 63.9. The number of amides is 4. The molecule has 8 aromatic rings. The lowest BCUT2D eigenvalue weighted by Gasteiger charge is -2.28. The van der Waals surface area contributed by atoms with Gasteiger partial charge in [0.05, 0.1) is 22.3 Å². The number of phenols is 4. The predicted octanol–water partition coefficient (Wildman–Crippen LogP) is 2.87. The summed E-state index contributed by atoms with van der Waals surface area (Å²) in [6.07, 6.45) is 5.34. The number of nitrogens with zero attached hydrogens (tertiary/aromatic N) is 6. The van der Waals surface area contributed by atoms with Gasteiger partial charge in [0.15, 0.2) is 23.0 Å². The maximum Gasteiger partial charge on any atom is 0.295 e. The van der Waals surface area contributed by atoms with Crippen molar-refractivity contribution in [2.75, 3.05) is 65.4 Å². The van der Waals surface area contributed by atoms with Crippen molar-refractivity contribution in [3.8, 4) is 23.0 Å². The Hall–Kier alpha value is -8.84. The number of benzene rings is 4. The SMILES string of the molecule is O=C(NCCCN(CCCNC(=O)c1ccc2c(S(=O)(=O)O)ccnc2c1O)CCN(CCCNC(=O)c1ccc2c(S(=O)(=O)O)ccnc2c1O)CCCNC(=O)c1ccc2c(S(=O)(=O)O)ccnc2c1O)c1ccc2c(S(=O)(=O)O)ccnc2c1O. The number of carbonyl (C=O) groups is 4. The molecular formula is C54H56N10O20S4. The molecule has 34 heteroatoms. The van der Waals surface area contributed by atoms with E-state index in [9.17, 15) is 91.5 Å². The first-order chi connectivity index (χ1) is 41.6. The van der Waals surface area contributed by atoms with Crippen LogP contribution in [0.4, 0.5) is 0 Å². The van der Waals surface area contributed by atoms with Crippen LogP contribution >= 0.6 is 0 Å². The average Bonchev–Trinajstić information content (AvgIpc) is 1.59. The molecule has 0 spiro atoms. The Morgan fingerprint density at radius 3 is 0.727 bits per heavy atom. The Morgan fingerprint density at radius 2 is 0.534 bits per heavy atom. The van der Waals surface area contributed by atoms with E-state index in [1.54, 1.807) is 0 Å². The Labute approximate surface area is 501 Å². The second-order valence-corrected chi connectivity index (χ2v) is 25.2. The zero-order valence-corrected chi connectivity index (χ0v) is 49.2. The number of rotatable bonds is 27. The van der Waals surface area contributed by atoms with Gasteiger partial charge in [-0.25, -0.2) is 0 Å². The van der Waals surface area contributed by atoms with Gasteiger partial charge < -0.3 is 51.5 Å². The van der Waals surface area contributed by atoms with Crippen LogP contribution in [0.1, 0.15) is 67.1 Å². The molecule has 0 aliphatic heterocycles. The highest BCUT2D eigenvalue weighted by Gasteiger charge is 2.25. The van der Waals surface area contributed by atoms with Crippen LogP contribution in [-0.2, 0) is 40.5 Å². The van der Waals surface area contributed by atoms with E-state index in [2.05, 4.69) is 41.2 Å². The van der Waals surface area contributed by atoms with Gasteiger partial charge in [-0.2, -0.15) is 33.7 Å². The van der Waals surface area contributed by atoms with E-state index in [1.165, 1.54) is 48.5 Å². The average molecular weight is 1290 g/mol. The Morgan fingerprint density at radius 1 is 0.330 bits per heavy atom. The minimum Gasteiger partial charge on any atom is -0.505 e. The fourth-order valence-electron chi connectivity index (χ4n) is 9.70. The van der Waals surface area contributed by atoms with Crippen molar-refractivity contribution in [1.82, 2.24) is 51.0 Å². The highest BCUT2D eigenvalue weighted by atomic mass is 32.2. The first-order valence-corrected chi connectivity index (χ1v) is 32.2. The minimum absolute atomic E-state index is 0.0365. The van der Waals surface area contributed by atoms with Gasteiger partial charge in [0.1, 0.15) is 41.6 Å². The molecule has 8 rings (SSSR count). The van der Waals surface area contributed by atoms with E-state index in [-0.39, 0.29) is 92.0 Å². The molecule has 0 radical (unpaired) electrons. The Bertz CT molecular complexity index is 3970. The number of hydrogen-bond donors (Lipinski definition) is 12. The van der Waals surface area contributed by atoms with E-state index in [1.807, 2.05) is 9.80 Å². The first-order valence-electron chi connectivity index (χ1n) is 26.5. The highest BCUT2D eigenvalue weighted by Crippen LogP contribution is 2.35. The smallest absolute Gasteiger partial charge is 0.295 e. The second-order valence-electron chi connectivity index (χ2n) is 19.7. The molecule has 4 aromatic carbocycles. The normalized spacial score (nSPS) is 12.3. The lowest BCUT2D eigenvalue weighted by molar-refractivity contribution is 0.0935. The van der Waals surface area contributed by atoms with Crippen molar-refractivity contribution in [2.24, 2.45) is 0 Å². The molecule has 12 N–H and O–H groups in total. The molecule has 30 nitrogen and oxygen atoms in total. The number of fused-ring (bicyclic) bond motifs is 4. The molecule has 4 aromatic heterocycles. The molecule has 0 fully saturated rings. The van der Waals surface area contributed by atoms with E-state index >= 15 is 0 Å². The standard InChI is InChI=1S/C54H56N10O20S4/c65-47-35(9-5-31-39(85(73,74)75)13-21-55-43(31)47)51(69)59-17-1-25-63(26-2-18-60-52(70)36-10-6-32-40(86(76,77)78)14-22-56-44(32)48(36)66)29-30-64(27-3-19-61-53(71)37-11-7-33-41(87(79,80)81)15-23-57-45(33)49(37)67)28-4-20-62-54(72)38-12-8-34-42(88(82,83)84)16-24-58-46(34)50(38)68/h5-16,21-24,65-68H,1-4,17-20,25-30H2,(H,59,69)(H,60,70)(H,61,71)(H,62,72)(H,73,74,75)(H,76,77,78)(H,79,80,81)(H,82,83,84). The zero-order valence-electron chi connectivity index (χ0n) is 45.9. The molecule has 0 unspecified atom stereocenters. The third kappa shape index (κ3) is 15.1. The maximum atomic E-state index is 13.4. The van der Waals surface area contributed by atoms with E-state index in [0.29, 0.717) is 65.0 Å². The Balaban J connectivity index is 0.963. The quantitative estimate of drug-likeness (QED) is 0.0260. The van der Waals surface area contributed by atoms with Gasteiger partial charge >= 0.3 is 0 Å². The molecule has 466 valence electrons. The van der Waals surface area contributed by atoms with Crippen LogP contribution in [0.3, 0.4) is 0 Å². The topological polar surface area (TPSA) is 473 Å². The van der Waals surface area contributed by atoms with Crippen LogP contribution in [0.25, 0.3) is 43.6 Å². The van der Waals surface area contributed by atoms with Gasteiger partial charge in [-0.1, -0.05) is 24.3 Å². The van der Waals surface area contributed by atoms with Crippen molar-refractivity contribution < 1.29 is 91.5 Å². The summed E-state index contributed by atoms with van der Waals surface area (Å²) in [5.41, 5.74) is -1.97. The fraction of sp³-hybridized carbons (Fsp3) is 0.259. The van der Waals surface area contributed by atoms with Gasteiger partial charge in [-0.15, -0.1) is 0 Å². The fourth-order valence-corrected chi connectivity index (χ4v) is 12.4. The molecule has 0 bridgehead atoms. The summed E-state index contributed by atoms with van der Waals surface area (Å²) in [5, 5.41) is 54.2. The molecule has 0 aliphatic carbocycles. The number of hydrogen-bond acceptors (Lipinski definition) is 22. The minimum atomic E-state index is -4.72. The lowest BCUT2D eigenvalue weighted by atomic mass is 10.1. The summed E-state index contributed by atoms with van der Waals surface area (Å²) >= 11 is 0. The Kier molecular flexibility index (Phi) is 20.0. The first kappa shape index (κ1) is 65.1. The van der Waals surface area contributed by atoms with E-state index < -0.39 is 107 Å². The largest absolute Gasteiger partial charge is 0.505 e. The lowest BCUT2D eigenvalue weighted by Crippen LogP contribution is -2.40. The van der Waals surface area contributed by atoms with Gasteiger partial charge in [-0.05, 0) is 100 Å². The van der Waals surface area contributed by atoms with Crippen LogP contribution in [0.5, 0.6) is 23.0 Å². The number of phenolic OH excluding ortho intramolecular Hbond substituents is 4. The molecule has 4 amide bonds. The third-order valence-electron chi connectivity index (χ3n) is 14.0. The molecule has 0 aliphatic rings. The summed E-state index contributed by atoms with van der Waals surface area (Å²) in [6.45, 7) is 1.98. The van der Waals surface area contributed by atoms with Crippen molar-refractivity contribution >= 4 is 108 Å². The van der Waals surface area contributed by atoms with Crippen LogP contribution in [0, 0.1) is 0 Å². The monoisotopic (exact) mass is 1290 g/mol. The van der Waals surface area contributed by atoms with Crippen LogP contribution in [0.15, 0.2) is 117 Å². The van der Waals surface area contributed by atoms with Gasteiger partial charge in [0.2, 0.25) is 0 Å². The van der Waals surface area contributed by atoms with Crippen LogP contribution < -0.4 is 21.3 Å². The number of aromatic nitrogens is 4. The number of pyridine rings is 4. The van der Waals surface area contributed by atoms with Gasteiger partial charge in [0, 0.05) is 85.6 Å². The molecule has 0 saturated heterocycles. The van der Waals surface area contributed by atoms with Crippen LogP contribution in [0.2, 0.25) is 0 Å². The summed E-state index contributed by atoms with van der Waals surface area (Å²) in [7, 11) is -18.9. The van der Waals surface area contributed by atoms with Gasteiger partial charge in [0.25, 0.3) is 64.1 Å². The molecule has 0 atom stereocenters.